The maximum Gasteiger partial charge on any atom is 0.277 e. The van der Waals surface area contributed by atoms with Gasteiger partial charge < -0.3 is 0 Å². The smallest absolute Gasteiger partial charge is 0.277 e. The van der Waals surface area contributed by atoms with Crippen LogP contribution in [-0.2, 0) is 0 Å². The van der Waals surface area contributed by atoms with Gasteiger partial charge in [0.2, 0.25) is 0 Å². The highest BCUT2D eigenvalue weighted by molar-refractivity contribution is 5.77. The zero-order valence-electron chi connectivity index (χ0n) is 10.5. The van der Waals surface area contributed by atoms with E-state index in [2.05, 4.69) is 30.3 Å². The average molecular weight is 247 g/mol. The number of hydrogen-bond acceptors (Lipinski definition) is 1. The fourth-order valence-electron chi connectivity index (χ4n) is 2.13. The summed E-state index contributed by atoms with van der Waals surface area (Å²) in [5, 5.41) is 1.18. The van der Waals surface area contributed by atoms with Crippen molar-refractivity contribution in [2.45, 2.75) is 0 Å². The molecule has 1 aromatic heterocycles. The Balaban J connectivity index is 2.10. The SMILES string of the molecule is Nc1ccc2ccccc2[n+]1C=Cc1ccccc1. The van der Waals surface area contributed by atoms with Crippen LogP contribution in [0.3, 0.4) is 0 Å². The number of nitrogen functional groups attached to an aromatic ring is 1. The molecule has 2 nitrogen and oxygen atoms in total. The van der Waals surface area contributed by atoms with Crippen molar-refractivity contribution in [3.8, 4) is 0 Å². The highest BCUT2D eigenvalue weighted by Crippen LogP contribution is 2.12. The molecule has 0 radical (unpaired) electrons. The lowest BCUT2D eigenvalue weighted by atomic mass is 10.2. The Kier molecular flexibility index (Phi) is 2.99. The molecule has 2 aromatic carbocycles. The number of para-hydroxylation sites is 1. The van der Waals surface area contributed by atoms with Crippen molar-refractivity contribution in [2.75, 3.05) is 5.73 Å². The van der Waals surface area contributed by atoms with Crippen molar-refractivity contribution < 1.29 is 4.57 Å². The van der Waals surface area contributed by atoms with Crippen molar-refractivity contribution in [1.82, 2.24) is 0 Å². The summed E-state index contributed by atoms with van der Waals surface area (Å²) in [7, 11) is 0. The number of anilines is 1. The van der Waals surface area contributed by atoms with E-state index in [9.17, 15) is 0 Å². The van der Waals surface area contributed by atoms with Crippen LogP contribution in [0.2, 0.25) is 0 Å². The van der Waals surface area contributed by atoms with Gasteiger partial charge in [0.05, 0.1) is 6.20 Å². The van der Waals surface area contributed by atoms with Crippen LogP contribution >= 0.6 is 0 Å². The molecule has 1 heterocycles. The number of hydrogen-bond donors (Lipinski definition) is 1. The van der Waals surface area contributed by atoms with Gasteiger partial charge in [-0.2, -0.15) is 4.57 Å². The maximum absolute atomic E-state index is 6.06. The third-order valence-electron chi connectivity index (χ3n) is 3.12. The van der Waals surface area contributed by atoms with E-state index in [4.69, 9.17) is 5.73 Å². The van der Waals surface area contributed by atoms with Gasteiger partial charge in [-0.05, 0) is 23.8 Å². The molecule has 2 heteroatoms. The molecule has 19 heavy (non-hydrogen) atoms. The Morgan fingerprint density at radius 1 is 0.789 bits per heavy atom. The van der Waals surface area contributed by atoms with Gasteiger partial charge in [-0.25, -0.2) is 0 Å². The summed E-state index contributed by atoms with van der Waals surface area (Å²) in [5.41, 5.74) is 8.32. The van der Waals surface area contributed by atoms with Crippen molar-refractivity contribution in [1.29, 1.82) is 0 Å². The number of pyridine rings is 1. The first-order valence-electron chi connectivity index (χ1n) is 6.26. The molecular formula is C17H15N2+. The molecule has 3 rings (SSSR count). The van der Waals surface area contributed by atoms with Crippen molar-refractivity contribution in [3.63, 3.8) is 0 Å². The van der Waals surface area contributed by atoms with E-state index >= 15 is 0 Å². The van der Waals surface area contributed by atoms with Gasteiger partial charge >= 0.3 is 0 Å². The topological polar surface area (TPSA) is 29.9 Å². The van der Waals surface area contributed by atoms with E-state index in [1.807, 2.05) is 53.2 Å². The predicted octanol–water partition coefficient (Wildman–Crippen LogP) is 3.34. The standard InChI is InChI=1S/C17H14N2/c18-17-11-10-15-8-4-5-9-16(15)19(17)13-12-14-6-2-1-3-7-14/h1-13,18H/p+1. The summed E-state index contributed by atoms with van der Waals surface area (Å²) < 4.78 is 2.00. The van der Waals surface area contributed by atoms with Crippen LogP contribution in [0.15, 0.2) is 66.7 Å². The molecule has 3 aromatic rings. The third kappa shape index (κ3) is 2.33. The van der Waals surface area contributed by atoms with Gasteiger partial charge in [0, 0.05) is 11.5 Å². The van der Waals surface area contributed by atoms with E-state index in [-0.39, 0.29) is 0 Å². The summed E-state index contributed by atoms with van der Waals surface area (Å²) in [5.74, 6) is 0.728. The fourth-order valence-corrected chi connectivity index (χ4v) is 2.13. The molecule has 0 bridgehead atoms. The number of benzene rings is 2. The van der Waals surface area contributed by atoms with Crippen LogP contribution in [0, 0.1) is 0 Å². The minimum Gasteiger partial charge on any atom is -0.287 e. The maximum atomic E-state index is 6.06. The first-order valence-corrected chi connectivity index (χ1v) is 6.26. The highest BCUT2D eigenvalue weighted by atomic mass is 15.0. The molecule has 0 atom stereocenters. The van der Waals surface area contributed by atoms with E-state index < -0.39 is 0 Å². The van der Waals surface area contributed by atoms with Gasteiger partial charge in [-0.3, -0.25) is 5.73 Å². The molecule has 0 saturated carbocycles. The Morgan fingerprint density at radius 2 is 1.53 bits per heavy atom. The molecular weight excluding hydrogens is 232 g/mol. The van der Waals surface area contributed by atoms with E-state index in [1.165, 1.54) is 5.39 Å². The lowest BCUT2D eigenvalue weighted by molar-refractivity contribution is -0.521. The molecule has 92 valence electrons. The molecule has 0 fully saturated rings. The predicted molar refractivity (Wildman–Crippen MR) is 80.2 cm³/mol. The summed E-state index contributed by atoms with van der Waals surface area (Å²) in [6, 6.07) is 22.4. The number of nitrogens with zero attached hydrogens (tertiary/aromatic N) is 1. The van der Waals surface area contributed by atoms with Crippen molar-refractivity contribution >= 4 is 29.0 Å². The molecule has 0 spiro atoms. The molecule has 2 N–H and O–H groups in total. The van der Waals surface area contributed by atoms with E-state index in [0.29, 0.717) is 0 Å². The lowest BCUT2D eigenvalue weighted by Gasteiger charge is -2.02. The first-order chi connectivity index (χ1) is 9.34. The van der Waals surface area contributed by atoms with Gasteiger partial charge in [-0.15, -0.1) is 0 Å². The second-order valence-electron chi connectivity index (χ2n) is 4.41. The number of aromatic nitrogens is 1. The number of fused-ring (bicyclic) bond motifs is 1. The van der Waals surface area contributed by atoms with Gasteiger partial charge in [0.15, 0.2) is 0 Å². The highest BCUT2D eigenvalue weighted by Gasteiger charge is 2.06. The Bertz CT molecular complexity index is 731. The summed E-state index contributed by atoms with van der Waals surface area (Å²) >= 11 is 0. The average Bonchev–Trinajstić information content (AvgIpc) is 2.47. The summed E-state index contributed by atoms with van der Waals surface area (Å²) in [4.78, 5) is 0. The summed E-state index contributed by atoms with van der Waals surface area (Å²) in [6.07, 6.45) is 4.07. The zero-order chi connectivity index (χ0) is 13.1. The fraction of sp³-hybridized carbons (Fsp3) is 0. The number of rotatable bonds is 2. The van der Waals surface area contributed by atoms with Gasteiger partial charge in [0.1, 0.15) is 5.52 Å². The Labute approximate surface area is 112 Å². The van der Waals surface area contributed by atoms with Crippen molar-refractivity contribution in [2.24, 2.45) is 0 Å². The minimum absolute atomic E-state index is 0.728. The molecule has 0 amide bonds. The largest absolute Gasteiger partial charge is 0.287 e. The first kappa shape index (κ1) is 11.5. The molecule has 0 aliphatic carbocycles. The van der Waals surface area contributed by atoms with Crippen LogP contribution in [0.4, 0.5) is 5.82 Å². The second kappa shape index (κ2) is 4.94. The lowest BCUT2D eigenvalue weighted by Crippen LogP contribution is -2.31. The second-order valence-corrected chi connectivity index (χ2v) is 4.41. The van der Waals surface area contributed by atoms with Crippen molar-refractivity contribution in [3.05, 3.63) is 72.3 Å². The van der Waals surface area contributed by atoms with Crippen LogP contribution in [-0.4, -0.2) is 0 Å². The Morgan fingerprint density at radius 3 is 2.37 bits per heavy atom. The van der Waals surface area contributed by atoms with Gasteiger partial charge in [0.25, 0.3) is 5.82 Å². The molecule has 0 aliphatic rings. The normalized spacial score (nSPS) is 11.2. The van der Waals surface area contributed by atoms with Crippen LogP contribution in [0.5, 0.6) is 0 Å². The molecule has 0 unspecified atom stereocenters. The van der Waals surface area contributed by atoms with Crippen LogP contribution in [0.25, 0.3) is 23.2 Å². The van der Waals surface area contributed by atoms with E-state index in [0.717, 1.165) is 16.9 Å². The van der Waals surface area contributed by atoms with Gasteiger partial charge in [-0.1, -0.05) is 48.5 Å². The van der Waals surface area contributed by atoms with Crippen LogP contribution < -0.4 is 10.3 Å². The quantitative estimate of drug-likeness (QED) is 0.692. The Hall–Kier alpha value is -2.61. The third-order valence-corrected chi connectivity index (χ3v) is 3.12. The molecule has 0 aliphatic heterocycles. The summed E-state index contributed by atoms with van der Waals surface area (Å²) in [6.45, 7) is 0. The minimum atomic E-state index is 0.728. The van der Waals surface area contributed by atoms with Crippen LogP contribution in [0.1, 0.15) is 5.56 Å². The zero-order valence-corrected chi connectivity index (χ0v) is 10.5. The molecule has 0 saturated heterocycles. The monoisotopic (exact) mass is 247 g/mol. The van der Waals surface area contributed by atoms with E-state index in [1.54, 1.807) is 0 Å². The number of nitrogens with two attached hydrogens (primary N) is 1.